The fourth-order valence-electron chi connectivity index (χ4n) is 2.66. The standard InChI is InChI=1S/C15H18Cl2N6O.ClH/c1-23-15(20-13(22-23)8-2-4-19-5-3-8)21-14(24)9-6-10(16)12(18)11(17)7-9;/h6-8,19H,2-5,18H2,1H3,(H,20,21,22,24);1H. The molecule has 2 aromatic rings. The first-order valence-electron chi connectivity index (χ1n) is 7.63. The quantitative estimate of drug-likeness (QED) is 0.682. The van der Waals surface area contributed by atoms with E-state index in [0.29, 0.717) is 17.4 Å². The zero-order valence-electron chi connectivity index (χ0n) is 13.6. The number of hydrogen-bond acceptors (Lipinski definition) is 5. The van der Waals surface area contributed by atoms with Crippen LogP contribution in [0, 0.1) is 0 Å². The SMILES string of the molecule is Cl.Cn1nc(C2CCNCC2)nc1NC(=O)c1cc(Cl)c(N)c(Cl)c1. The summed E-state index contributed by atoms with van der Waals surface area (Å²) >= 11 is 11.9. The Bertz CT molecular complexity index is 750. The van der Waals surface area contributed by atoms with Gasteiger partial charge in [0.2, 0.25) is 5.95 Å². The molecule has 0 spiro atoms. The van der Waals surface area contributed by atoms with Crippen molar-refractivity contribution in [3.63, 3.8) is 0 Å². The van der Waals surface area contributed by atoms with Crippen LogP contribution in [0.3, 0.4) is 0 Å². The van der Waals surface area contributed by atoms with E-state index in [2.05, 4.69) is 20.7 Å². The van der Waals surface area contributed by atoms with Crippen LogP contribution in [0.4, 0.5) is 11.6 Å². The van der Waals surface area contributed by atoms with E-state index in [1.54, 1.807) is 11.7 Å². The molecule has 0 unspecified atom stereocenters. The summed E-state index contributed by atoms with van der Waals surface area (Å²) in [6.45, 7) is 1.90. The van der Waals surface area contributed by atoms with Gasteiger partial charge in [0.1, 0.15) is 0 Å². The monoisotopic (exact) mass is 404 g/mol. The second-order valence-electron chi connectivity index (χ2n) is 5.75. The zero-order chi connectivity index (χ0) is 17.3. The third-order valence-corrected chi connectivity index (χ3v) is 4.68. The third kappa shape index (κ3) is 4.36. The third-order valence-electron chi connectivity index (χ3n) is 4.05. The van der Waals surface area contributed by atoms with Gasteiger partial charge < -0.3 is 11.1 Å². The largest absolute Gasteiger partial charge is 0.396 e. The molecule has 0 atom stereocenters. The van der Waals surface area contributed by atoms with Crippen molar-refractivity contribution in [2.24, 2.45) is 7.05 Å². The number of hydrogen-bond donors (Lipinski definition) is 3. The molecule has 1 aliphatic heterocycles. The Labute approximate surface area is 161 Å². The minimum absolute atomic E-state index is 0. The normalized spacial score (nSPS) is 14.8. The molecule has 0 aliphatic carbocycles. The first kappa shape index (κ1) is 19.8. The van der Waals surface area contributed by atoms with Crippen molar-refractivity contribution in [3.05, 3.63) is 33.6 Å². The molecule has 0 saturated carbocycles. The lowest BCUT2D eigenvalue weighted by atomic mass is 9.98. The van der Waals surface area contributed by atoms with Gasteiger partial charge in [-0.05, 0) is 38.1 Å². The van der Waals surface area contributed by atoms with E-state index in [9.17, 15) is 4.79 Å². The molecule has 7 nitrogen and oxygen atoms in total. The predicted octanol–water partition coefficient (Wildman–Crippen LogP) is 2.85. The average molecular weight is 406 g/mol. The zero-order valence-corrected chi connectivity index (χ0v) is 15.9. The number of amides is 1. The Kier molecular flexibility index (Phi) is 6.51. The fraction of sp³-hybridized carbons (Fsp3) is 0.400. The van der Waals surface area contributed by atoms with Crippen LogP contribution >= 0.6 is 35.6 Å². The lowest BCUT2D eigenvalue weighted by Gasteiger charge is -2.19. The van der Waals surface area contributed by atoms with Crippen LogP contribution in [0.25, 0.3) is 0 Å². The number of carbonyl (C=O) groups is 1. The number of nitrogens with zero attached hydrogens (tertiary/aromatic N) is 3. The van der Waals surface area contributed by atoms with Gasteiger partial charge in [0.05, 0.1) is 15.7 Å². The highest BCUT2D eigenvalue weighted by Crippen LogP contribution is 2.29. The highest BCUT2D eigenvalue weighted by Gasteiger charge is 2.22. The van der Waals surface area contributed by atoms with Gasteiger partial charge in [0.25, 0.3) is 5.91 Å². The second kappa shape index (κ2) is 8.23. The molecule has 1 aromatic carbocycles. The number of aryl methyl sites for hydroxylation is 1. The van der Waals surface area contributed by atoms with E-state index in [-0.39, 0.29) is 34.0 Å². The number of anilines is 2. The molecular formula is C15H19Cl3N6O. The van der Waals surface area contributed by atoms with Crippen LogP contribution in [0.15, 0.2) is 12.1 Å². The Morgan fingerprint density at radius 3 is 2.52 bits per heavy atom. The van der Waals surface area contributed by atoms with Crippen molar-refractivity contribution in [3.8, 4) is 0 Å². The summed E-state index contributed by atoms with van der Waals surface area (Å²) in [6.07, 6.45) is 1.97. The fourth-order valence-corrected chi connectivity index (χ4v) is 3.14. The minimum atomic E-state index is -0.369. The molecule has 136 valence electrons. The summed E-state index contributed by atoms with van der Waals surface area (Å²) in [5.41, 5.74) is 6.25. The van der Waals surface area contributed by atoms with Gasteiger partial charge in [-0.3, -0.25) is 10.1 Å². The maximum absolute atomic E-state index is 12.4. The molecule has 10 heteroatoms. The Morgan fingerprint density at radius 2 is 1.92 bits per heavy atom. The van der Waals surface area contributed by atoms with Gasteiger partial charge in [-0.15, -0.1) is 12.4 Å². The van der Waals surface area contributed by atoms with Crippen LogP contribution in [0.5, 0.6) is 0 Å². The maximum Gasteiger partial charge on any atom is 0.258 e. The number of nitrogens with one attached hydrogen (secondary N) is 2. The van der Waals surface area contributed by atoms with Crippen molar-refractivity contribution in [1.29, 1.82) is 0 Å². The molecule has 1 fully saturated rings. The van der Waals surface area contributed by atoms with Gasteiger partial charge in [-0.2, -0.15) is 10.1 Å². The molecule has 3 rings (SSSR count). The summed E-state index contributed by atoms with van der Waals surface area (Å²) < 4.78 is 1.57. The molecule has 1 aliphatic rings. The number of carbonyl (C=O) groups excluding carboxylic acids is 1. The van der Waals surface area contributed by atoms with E-state index in [1.165, 1.54) is 12.1 Å². The van der Waals surface area contributed by atoms with Crippen molar-refractivity contribution < 1.29 is 4.79 Å². The Balaban J connectivity index is 0.00000225. The van der Waals surface area contributed by atoms with Gasteiger partial charge in [-0.1, -0.05) is 23.2 Å². The molecule has 4 N–H and O–H groups in total. The van der Waals surface area contributed by atoms with E-state index < -0.39 is 0 Å². The van der Waals surface area contributed by atoms with Gasteiger partial charge in [0, 0.05) is 18.5 Å². The summed E-state index contributed by atoms with van der Waals surface area (Å²) in [6, 6.07) is 2.95. The molecule has 0 bridgehead atoms. The van der Waals surface area contributed by atoms with Crippen molar-refractivity contribution >= 4 is 53.2 Å². The van der Waals surface area contributed by atoms with Crippen LogP contribution in [-0.2, 0) is 7.05 Å². The van der Waals surface area contributed by atoms with Crippen molar-refractivity contribution in [1.82, 2.24) is 20.1 Å². The molecule has 25 heavy (non-hydrogen) atoms. The topological polar surface area (TPSA) is 97.9 Å². The smallest absolute Gasteiger partial charge is 0.258 e. The Morgan fingerprint density at radius 1 is 1.32 bits per heavy atom. The number of aromatic nitrogens is 3. The van der Waals surface area contributed by atoms with Gasteiger partial charge in [-0.25, -0.2) is 4.68 Å². The summed E-state index contributed by atoms with van der Waals surface area (Å²) in [5.74, 6) is 1.08. The minimum Gasteiger partial charge on any atom is -0.396 e. The Hall–Kier alpha value is -1.54. The first-order valence-corrected chi connectivity index (χ1v) is 8.39. The maximum atomic E-state index is 12.4. The summed E-state index contributed by atoms with van der Waals surface area (Å²) in [4.78, 5) is 16.9. The first-order chi connectivity index (χ1) is 11.5. The molecule has 1 aromatic heterocycles. The highest BCUT2D eigenvalue weighted by molar-refractivity contribution is 6.39. The van der Waals surface area contributed by atoms with Crippen LogP contribution in [-0.4, -0.2) is 33.8 Å². The number of nitrogen functional groups attached to an aromatic ring is 1. The summed E-state index contributed by atoms with van der Waals surface area (Å²) in [5, 5.41) is 10.9. The van der Waals surface area contributed by atoms with E-state index in [1.807, 2.05) is 0 Å². The molecular weight excluding hydrogens is 387 g/mol. The lowest BCUT2D eigenvalue weighted by molar-refractivity contribution is 0.102. The van der Waals surface area contributed by atoms with Crippen molar-refractivity contribution in [2.75, 3.05) is 24.1 Å². The molecule has 2 heterocycles. The van der Waals surface area contributed by atoms with E-state index >= 15 is 0 Å². The average Bonchev–Trinajstić information content (AvgIpc) is 2.93. The van der Waals surface area contributed by atoms with Crippen LogP contribution in [0.1, 0.15) is 34.9 Å². The second-order valence-corrected chi connectivity index (χ2v) is 6.56. The number of rotatable bonds is 3. The van der Waals surface area contributed by atoms with Crippen LogP contribution in [0.2, 0.25) is 10.0 Å². The van der Waals surface area contributed by atoms with E-state index in [4.69, 9.17) is 28.9 Å². The number of nitrogens with two attached hydrogens (primary N) is 1. The number of benzene rings is 1. The van der Waals surface area contributed by atoms with Crippen molar-refractivity contribution in [2.45, 2.75) is 18.8 Å². The lowest BCUT2D eigenvalue weighted by Crippen LogP contribution is -2.27. The number of piperidine rings is 1. The van der Waals surface area contributed by atoms with Gasteiger partial charge >= 0.3 is 0 Å². The molecule has 0 radical (unpaired) electrons. The van der Waals surface area contributed by atoms with Gasteiger partial charge in [0.15, 0.2) is 5.82 Å². The molecule has 1 amide bonds. The highest BCUT2D eigenvalue weighted by atomic mass is 35.5. The number of halogens is 3. The predicted molar refractivity (Wildman–Crippen MR) is 102 cm³/mol. The van der Waals surface area contributed by atoms with Crippen LogP contribution < -0.4 is 16.4 Å². The van der Waals surface area contributed by atoms with E-state index in [0.717, 1.165) is 31.8 Å². The molecule has 1 saturated heterocycles. The summed E-state index contributed by atoms with van der Waals surface area (Å²) in [7, 11) is 1.75.